The van der Waals surface area contributed by atoms with Gasteiger partial charge in [-0.15, -0.1) is 0 Å². The van der Waals surface area contributed by atoms with E-state index in [1.54, 1.807) is 19.1 Å². The maximum Gasteiger partial charge on any atom is 0.417 e. The number of anilines is 1. The molecule has 2 aliphatic carbocycles. The molecule has 7 rings (SSSR count). The van der Waals surface area contributed by atoms with E-state index >= 15 is 0 Å². The summed E-state index contributed by atoms with van der Waals surface area (Å²) in [6.45, 7) is 2.93. The largest absolute Gasteiger partial charge is 0.461 e. The van der Waals surface area contributed by atoms with Gasteiger partial charge in [0, 0.05) is 41.2 Å². The van der Waals surface area contributed by atoms with Crippen molar-refractivity contribution in [2.75, 3.05) is 24.6 Å². The Kier molecular flexibility index (Phi) is 7.75. The standard InChI is InChI=1S/C35H33F6N3O3/c1-2-46-32(45)29-17-27(35(39,40)41)24-16-22(9-10-28(24)42-29)44-13-11-33(12-14-44)18-20(19-33)15-25-30(43-47-31(25)21-7-8-21)23-5-3-4-6-26(23)34(36,37)38/h3-6,9-10,16-17,20-21H,2,7-8,11-15,18-19H2,1H3. The van der Waals surface area contributed by atoms with E-state index in [0.29, 0.717) is 31.0 Å². The third-order valence-corrected chi connectivity index (χ3v) is 9.96. The molecule has 1 aliphatic heterocycles. The second kappa shape index (κ2) is 11.6. The van der Waals surface area contributed by atoms with Crippen molar-refractivity contribution in [2.45, 2.75) is 70.1 Å². The van der Waals surface area contributed by atoms with E-state index in [-0.39, 0.29) is 51.7 Å². The first kappa shape index (κ1) is 31.5. The van der Waals surface area contributed by atoms with Gasteiger partial charge in [0.15, 0.2) is 0 Å². The number of piperidine rings is 1. The molecule has 0 unspecified atom stereocenters. The average molecular weight is 658 g/mol. The van der Waals surface area contributed by atoms with E-state index in [4.69, 9.17) is 9.26 Å². The summed E-state index contributed by atoms with van der Waals surface area (Å²) in [6.07, 6.45) is -3.15. The molecule has 47 heavy (non-hydrogen) atoms. The molecule has 3 heterocycles. The van der Waals surface area contributed by atoms with Gasteiger partial charge in [-0.2, -0.15) is 26.3 Å². The molecule has 6 nitrogen and oxygen atoms in total. The highest BCUT2D eigenvalue weighted by molar-refractivity contribution is 5.94. The predicted molar refractivity (Wildman–Crippen MR) is 162 cm³/mol. The number of aromatic nitrogens is 2. The minimum absolute atomic E-state index is 0.0234. The van der Waals surface area contributed by atoms with Crippen LogP contribution in [0.5, 0.6) is 0 Å². The lowest BCUT2D eigenvalue weighted by molar-refractivity contribution is -0.137. The summed E-state index contributed by atoms with van der Waals surface area (Å²) in [5.41, 5.74) is -0.0990. The zero-order chi connectivity index (χ0) is 33.1. The molecule has 1 spiro atoms. The molecule has 0 radical (unpaired) electrons. The molecule has 3 fully saturated rings. The molecule has 2 saturated carbocycles. The van der Waals surface area contributed by atoms with Crippen molar-refractivity contribution in [3.8, 4) is 11.3 Å². The lowest BCUT2D eigenvalue weighted by Gasteiger charge is -2.53. The summed E-state index contributed by atoms with van der Waals surface area (Å²) in [5, 5.41) is 4.09. The predicted octanol–water partition coefficient (Wildman–Crippen LogP) is 9.22. The topological polar surface area (TPSA) is 68.5 Å². The molecular weight excluding hydrogens is 624 g/mol. The number of benzene rings is 2. The fourth-order valence-electron chi connectivity index (χ4n) is 7.53. The van der Waals surface area contributed by atoms with Gasteiger partial charge >= 0.3 is 18.3 Å². The van der Waals surface area contributed by atoms with Gasteiger partial charge in [-0.05, 0) is 93.5 Å². The normalized spacial score (nSPS) is 18.5. The molecular formula is C35H33F6N3O3. The maximum absolute atomic E-state index is 14.1. The van der Waals surface area contributed by atoms with Crippen LogP contribution in [0.15, 0.2) is 53.1 Å². The van der Waals surface area contributed by atoms with Crippen LogP contribution in [0.2, 0.25) is 0 Å². The van der Waals surface area contributed by atoms with Crippen LogP contribution < -0.4 is 4.90 Å². The Morgan fingerprint density at radius 1 is 0.979 bits per heavy atom. The summed E-state index contributed by atoms with van der Waals surface area (Å²) in [7, 11) is 0. The number of carbonyl (C=O) groups excluding carboxylic acids is 1. The number of halogens is 6. The van der Waals surface area contributed by atoms with Crippen LogP contribution in [0.25, 0.3) is 22.2 Å². The van der Waals surface area contributed by atoms with Crippen molar-refractivity contribution in [2.24, 2.45) is 11.3 Å². The molecule has 2 aromatic heterocycles. The first-order chi connectivity index (χ1) is 22.3. The molecule has 0 amide bonds. The number of alkyl halides is 6. The van der Waals surface area contributed by atoms with Crippen molar-refractivity contribution < 1.29 is 40.4 Å². The van der Waals surface area contributed by atoms with E-state index in [9.17, 15) is 31.1 Å². The zero-order valence-electron chi connectivity index (χ0n) is 25.7. The van der Waals surface area contributed by atoms with Gasteiger partial charge in [0.1, 0.15) is 17.1 Å². The number of rotatable bonds is 7. The Bertz CT molecular complexity index is 1810. The minimum Gasteiger partial charge on any atom is -0.461 e. The highest BCUT2D eigenvalue weighted by atomic mass is 19.4. The molecule has 12 heteroatoms. The third kappa shape index (κ3) is 6.07. The SMILES string of the molecule is CCOC(=O)c1cc(C(F)(F)F)c2cc(N3CCC4(CC3)CC(Cc3c(-c5ccccc5C(F)(F)F)noc3C3CC3)C4)ccc2n1. The number of pyridine rings is 1. The Morgan fingerprint density at radius 3 is 2.34 bits per heavy atom. The fourth-order valence-corrected chi connectivity index (χ4v) is 7.53. The summed E-state index contributed by atoms with van der Waals surface area (Å²) < 4.78 is 94.3. The van der Waals surface area contributed by atoms with Crippen molar-refractivity contribution in [1.29, 1.82) is 0 Å². The van der Waals surface area contributed by atoms with Crippen LogP contribution in [0.4, 0.5) is 32.0 Å². The number of carbonyl (C=O) groups is 1. The van der Waals surface area contributed by atoms with Crippen molar-refractivity contribution in [1.82, 2.24) is 10.1 Å². The van der Waals surface area contributed by atoms with Crippen molar-refractivity contribution in [3.63, 3.8) is 0 Å². The number of hydrogen-bond acceptors (Lipinski definition) is 6. The van der Waals surface area contributed by atoms with Crippen LogP contribution in [0, 0.1) is 11.3 Å². The minimum atomic E-state index is -4.69. The van der Waals surface area contributed by atoms with Gasteiger partial charge in [0.25, 0.3) is 0 Å². The van der Waals surface area contributed by atoms with E-state index < -0.39 is 29.4 Å². The maximum atomic E-state index is 14.1. The molecule has 0 atom stereocenters. The van der Waals surface area contributed by atoms with Crippen LogP contribution in [-0.2, 0) is 23.5 Å². The molecule has 1 saturated heterocycles. The van der Waals surface area contributed by atoms with E-state index in [0.717, 1.165) is 56.2 Å². The van der Waals surface area contributed by atoms with E-state index in [2.05, 4.69) is 15.0 Å². The molecule has 2 aromatic carbocycles. The second-order valence-corrected chi connectivity index (χ2v) is 13.1. The van der Waals surface area contributed by atoms with Crippen LogP contribution in [-0.4, -0.2) is 35.8 Å². The smallest absolute Gasteiger partial charge is 0.417 e. The average Bonchev–Trinajstić information content (AvgIpc) is 3.78. The Hall–Kier alpha value is -4.09. The highest BCUT2D eigenvalue weighted by Crippen LogP contribution is 2.55. The van der Waals surface area contributed by atoms with Crippen molar-refractivity contribution in [3.05, 3.63) is 76.7 Å². The zero-order valence-corrected chi connectivity index (χ0v) is 25.7. The lowest BCUT2D eigenvalue weighted by atomic mass is 9.56. The Balaban J connectivity index is 1.06. The first-order valence-electron chi connectivity index (χ1n) is 15.9. The molecule has 4 aromatic rings. The van der Waals surface area contributed by atoms with Gasteiger partial charge in [-0.3, -0.25) is 0 Å². The van der Waals surface area contributed by atoms with E-state index in [1.165, 1.54) is 24.3 Å². The van der Waals surface area contributed by atoms with Crippen LogP contribution in [0.3, 0.4) is 0 Å². The van der Waals surface area contributed by atoms with Gasteiger partial charge < -0.3 is 14.2 Å². The summed E-state index contributed by atoms with van der Waals surface area (Å²) in [5.74, 6) is 0.295. The van der Waals surface area contributed by atoms with Gasteiger partial charge in [-0.25, -0.2) is 9.78 Å². The third-order valence-electron chi connectivity index (χ3n) is 9.96. The lowest BCUT2D eigenvalue weighted by Crippen LogP contribution is -2.47. The van der Waals surface area contributed by atoms with E-state index in [1.807, 2.05) is 0 Å². The highest BCUT2D eigenvalue weighted by Gasteiger charge is 2.47. The van der Waals surface area contributed by atoms with Crippen molar-refractivity contribution >= 4 is 22.6 Å². The summed E-state index contributed by atoms with van der Waals surface area (Å²) in [6, 6.07) is 11.0. The first-order valence-corrected chi connectivity index (χ1v) is 15.9. The molecule has 0 N–H and O–H groups in total. The number of nitrogens with zero attached hydrogens (tertiary/aromatic N) is 3. The quantitative estimate of drug-likeness (QED) is 0.146. The Labute approximate surface area is 267 Å². The summed E-state index contributed by atoms with van der Waals surface area (Å²) in [4.78, 5) is 18.4. The fraction of sp³-hybridized carbons (Fsp3) is 0.457. The number of ether oxygens (including phenoxy) is 1. The number of hydrogen-bond donors (Lipinski definition) is 0. The molecule has 3 aliphatic rings. The number of esters is 1. The van der Waals surface area contributed by atoms with Gasteiger partial charge in [0.2, 0.25) is 0 Å². The summed E-state index contributed by atoms with van der Waals surface area (Å²) >= 11 is 0. The molecule has 0 bridgehead atoms. The Morgan fingerprint density at radius 2 is 1.68 bits per heavy atom. The molecule has 248 valence electrons. The van der Waals surface area contributed by atoms with Gasteiger partial charge in [0.05, 0.1) is 23.3 Å². The monoisotopic (exact) mass is 657 g/mol. The van der Waals surface area contributed by atoms with Gasteiger partial charge in [-0.1, -0.05) is 23.4 Å². The van der Waals surface area contributed by atoms with Crippen LogP contribution >= 0.6 is 0 Å². The number of fused-ring (bicyclic) bond motifs is 1. The van der Waals surface area contributed by atoms with Crippen LogP contribution in [0.1, 0.15) is 84.3 Å². The second-order valence-electron chi connectivity index (χ2n) is 13.1.